The number of nitrogens with one attached hydrogen (secondary N) is 2. The lowest BCUT2D eigenvalue weighted by Crippen LogP contribution is -2.24. The topological polar surface area (TPSA) is 101 Å². The second-order valence-corrected chi connectivity index (χ2v) is 7.64. The molecule has 0 aliphatic heterocycles. The van der Waals surface area contributed by atoms with Gasteiger partial charge in [-0.15, -0.1) is 0 Å². The highest BCUT2D eigenvalue weighted by Gasteiger charge is 2.15. The third-order valence-electron chi connectivity index (χ3n) is 4.05. The van der Waals surface area contributed by atoms with Gasteiger partial charge in [-0.3, -0.25) is 4.98 Å². The summed E-state index contributed by atoms with van der Waals surface area (Å²) in [6.07, 6.45) is 2.44. The maximum atomic E-state index is 12.3. The van der Waals surface area contributed by atoms with Gasteiger partial charge in [0.1, 0.15) is 5.75 Å². The Morgan fingerprint density at radius 1 is 1.12 bits per heavy atom. The van der Waals surface area contributed by atoms with E-state index in [1.807, 2.05) is 24.3 Å². The number of H-pyrrole nitrogens is 1. The van der Waals surface area contributed by atoms with Crippen molar-refractivity contribution in [2.45, 2.75) is 24.2 Å². The first-order valence-electron chi connectivity index (χ1n) is 8.23. The van der Waals surface area contributed by atoms with Crippen LogP contribution in [0.1, 0.15) is 18.4 Å². The van der Waals surface area contributed by atoms with Crippen molar-refractivity contribution >= 4 is 21.1 Å². The molecule has 0 aliphatic rings. The van der Waals surface area contributed by atoms with Crippen LogP contribution in [0.5, 0.6) is 5.75 Å². The lowest BCUT2D eigenvalue weighted by molar-refractivity contribution is 0.414. The molecule has 0 unspecified atom stereocenters. The van der Waals surface area contributed by atoms with Crippen LogP contribution in [0.2, 0.25) is 0 Å². The fraction of sp³-hybridized carbons (Fsp3) is 0.278. The van der Waals surface area contributed by atoms with Crippen LogP contribution >= 0.6 is 0 Å². The number of aromatic amines is 1. The number of methoxy groups -OCH3 is 1. The number of unbranched alkanes of at least 4 members (excludes halogenated alkanes) is 1. The van der Waals surface area contributed by atoms with Crippen molar-refractivity contribution in [3.05, 3.63) is 58.6 Å². The maximum absolute atomic E-state index is 12.3. The zero-order valence-corrected chi connectivity index (χ0v) is 15.1. The van der Waals surface area contributed by atoms with Crippen LogP contribution < -0.4 is 15.2 Å². The summed E-state index contributed by atoms with van der Waals surface area (Å²) < 4.78 is 37.3. The average Bonchev–Trinajstić information content (AvgIpc) is 3.01. The fourth-order valence-electron chi connectivity index (χ4n) is 2.63. The van der Waals surface area contributed by atoms with Crippen LogP contribution in [0.25, 0.3) is 11.1 Å². The molecule has 0 aliphatic carbocycles. The highest BCUT2D eigenvalue weighted by molar-refractivity contribution is 7.89. The normalized spacial score (nSPS) is 11.7. The molecule has 138 valence electrons. The van der Waals surface area contributed by atoms with Gasteiger partial charge in [0, 0.05) is 12.6 Å². The van der Waals surface area contributed by atoms with Crippen LogP contribution in [-0.4, -0.2) is 27.1 Å². The highest BCUT2D eigenvalue weighted by Crippen LogP contribution is 2.17. The Labute approximate surface area is 151 Å². The number of rotatable bonds is 8. The van der Waals surface area contributed by atoms with Crippen LogP contribution in [0, 0.1) is 0 Å². The number of ether oxygens (including phenoxy) is 1. The molecule has 26 heavy (non-hydrogen) atoms. The molecule has 0 atom stereocenters. The van der Waals surface area contributed by atoms with E-state index in [0.29, 0.717) is 18.5 Å². The van der Waals surface area contributed by atoms with E-state index in [-0.39, 0.29) is 10.5 Å². The van der Waals surface area contributed by atoms with Gasteiger partial charge in [0.25, 0.3) is 0 Å². The van der Waals surface area contributed by atoms with E-state index < -0.39 is 15.8 Å². The van der Waals surface area contributed by atoms with Gasteiger partial charge in [-0.1, -0.05) is 12.1 Å². The van der Waals surface area contributed by atoms with Gasteiger partial charge < -0.3 is 9.15 Å². The van der Waals surface area contributed by atoms with E-state index in [2.05, 4.69) is 9.71 Å². The first-order valence-corrected chi connectivity index (χ1v) is 9.72. The quantitative estimate of drug-likeness (QED) is 0.588. The molecule has 0 radical (unpaired) electrons. The summed E-state index contributed by atoms with van der Waals surface area (Å²) in [6.45, 7) is 0.341. The van der Waals surface area contributed by atoms with E-state index in [4.69, 9.17) is 9.15 Å². The Hall–Kier alpha value is -2.58. The molecular weight excluding hydrogens is 356 g/mol. The van der Waals surface area contributed by atoms with Crippen molar-refractivity contribution in [3.63, 3.8) is 0 Å². The number of aryl methyl sites for hydroxylation is 1. The van der Waals surface area contributed by atoms with Crippen molar-refractivity contribution in [2.24, 2.45) is 0 Å². The minimum atomic E-state index is -3.64. The van der Waals surface area contributed by atoms with Gasteiger partial charge in [-0.25, -0.2) is 17.9 Å². The summed E-state index contributed by atoms with van der Waals surface area (Å²) in [5.41, 5.74) is 1.87. The third-order valence-corrected chi connectivity index (χ3v) is 5.50. The largest absolute Gasteiger partial charge is 0.497 e. The van der Waals surface area contributed by atoms with Crippen molar-refractivity contribution < 1.29 is 17.6 Å². The molecule has 0 saturated carbocycles. The van der Waals surface area contributed by atoms with Gasteiger partial charge in [0.15, 0.2) is 5.58 Å². The molecule has 1 aromatic heterocycles. The number of hydrogen-bond donors (Lipinski definition) is 2. The lowest BCUT2D eigenvalue weighted by atomic mass is 10.1. The zero-order chi connectivity index (χ0) is 18.6. The molecule has 0 amide bonds. The second-order valence-electron chi connectivity index (χ2n) is 5.88. The first-order chi connectivity index (χ1) is 12.5. The van der Waals surface area contributed by atoms with Gasteiger partial charge in [0.05, 0.1) is 17.5 Å². The van der Waals surface area contributed by atoms with Crippen molar-refractivity contribution in [1.29, 1.82) is 0 Å². The predicted molar refractivity (Wildman–Crippen MR) is 98.0 cm³/mol. The minimum absolute atomic E-state index is 0.0721. The third kappa shape index (κ3) is 4.33. The molecule has 2 aromatic carbocycles. The summed E-state index contributed by atoms with van der Waals surface area (Å²) in [5.74, 6) is 0.206. The smallest absolute Gasteiger partial charge is 0.417 e. The Balaban J connectivity index is 1.51. The average molecular weight is 376 g/mol. The molecule has 8 heteroatoms. The summed E-state index contributed by atoms with van der Waals surface area (Å²) in [6, 6.07) is 12.1. The number of sulfonamides is 1. The van der Waals surface area contributed by atoms with E-state index >= 15 is 0 Å². The molecule has 2 N–H and O–H groups in total. The van der Waals surface area contributed by atoms with Gasteiger partial charge in [0.2, 0.25) is 10.0 Å². The summed E-state index contributed by atoms with van der Waals surface area (Å²) in [7, 11) is -2.01. The number of fused-ring (bicyclic) bond motifs is 1. The molecule has 0 spiro atoms. The maximum Gasteiger partial charge on any atom is 0.417 e. The lowest BCUT2D eigenvalue weighted by Gasteiger charge is -2.07. The Bertz CT molecular complexity index is 1040. The number of oxazole rings is 1. The predicted octanol–water partition coefficient (Wildman–Crippen LogP) is 2.43. The van der Waals surface area contributed by atoms with Gasteiger partial charge >= 0.3 is 5.76 Å². The van der Waals surface area contributed by atoms with E-state index in [0.717, 1.165) is 18.6 Å². The Morgan fingerprint density at radius 2 is 1.88 bits per heavy atom. The molecule has 0 fully saturated rings. The van der Waals surface area contributed by atoms with Crippen molar-refractivity contribution in [1.82, 2.24) is 9.71 Å². The standard InChI is InChI=1S/C18H20N2O5S/c1-24-14-7-5-13(6-8-14)4-2-3-11-19-26(22,23)15-9-10-16-17(12-15)25-18(21)20-16/h5-10,12,19H,2-4,11H2,1H3,(H,20,21). The molecule has 1 heterocycles. The van der Waals surface area contributed by atoms with Crippen molar-refractivity contribution in [2.75, 3.05) is 13.7 Å². The van der Waals surface area contributed by atoms with E-state index in [1.54, 1.807) is 7.11 Å². The highest BCUT2D eigenvalue weighted by atomic mass is 32.2. The van der Waals surface area contributed by atoms with E-state index in [9.17, 15) is 13.2 Å². The molecule has 0 saturated heterocycles. The zero-order valence-electron chi connectivity index (χ0n) is 14.3. The first kappa shape index (κ1) is 18.2. The van der Waals surface area contributed by atoms with Gasteiger partial charge in [-0.05, 0) is 49.1 Å². The number of hydrogen-bond acceptors (Lipinski definition) is 5. The minimum Gasteiger partial charge on any atom is -0.497 e. The number of aromatic nitrogens is 1. The SMILES string of the molecule is COc1ccc(CCCCNS(=O)(=O)c2ccc3[nH]c(=O)oc3c2)cc1. The summed E-state index contributed by atoms with van der Waals surface area (Å²) in [5, 5.41) is 0. The second kappa shape index (κ2) is 7.76. The number of benzene rings is 2. The molecule has 7 nitrogen and oxygen atoms in total. The monoisotopic (exact) mass is 376 g/mol. The molecule has 3 rings (SSSR count). The van der Waals surface area contributed by atoms with Crippen LogP contribution in [0.15, 0.2) is 56.6 Å². The van der Waals surface area contributed by atoms with Crippen LogP contribution in [0.3, 0.4) is 0 Å². The fourth-order valence-corrected chi connectivity index (χ4v) is 3.72. The Morgan fingerprint density at radius 3 is 2.62 bits per heavy atom. The molecule has 0 bridgehead atoms. The van der Waals surface area contributed by atoms with Crippen LogP contribution in [0.4, 0.5) is 0 Å². The Kier molecular flexibility index (Phi) is 5.43. The van der Waals surface area contributed by atoms with Crippen molar-refractivity contribution in [3.8, 4) is 5.75 Å². The van der Waals surface area contributed by atoms with E-state index in [1.165, 1.54) is 23.8 Å². The molecular formula is C18H20N2O5S. The molecule has 3 aromatic rings. The van der Waals surface area contributed by atoms with Crippen LogP contribution in [-0.2, 0) is 16.4 Å². The summed E-state index contributed by atoms with van der Waals surface area (Å²) in [4.78, 5) is 13.7. The summed E-state index contributed by atoms with van der Waals surface area (Å²) >= 11 is 0. The van der Waals surface area contributed by atoms with Gasteiger partial charge in [-0.2, -0.15) is 0 Å².